The maximum Gasteiger partial charge on any atom is 0.274 e. The van der Waals surface area contributed by atoms with Crippen LogP contribution in [0.4, 0.5) is 0 Å². The molecule has 3 unspecified atom stereocenters. The van der Waals surface area contributed by atoms with Crippen LogP contribution in [0.25, 0.3) is 0 Å². The van der Waals surface area contributed by atoms with Gasteiger partial charge in [0.15, 0.2) is 0 Å². The van der Waals surface area contributed by atoms with Gasteiger partial charge in [0.25, 0.3) is 5.91 Å². The zero-order valence-corrected chi connectivity index (χ0v) is 9.48. The van der Waals surface area contributed by atoms with E-state index in [1.807, 2.05) is 6.07 Å². The predicted molar refractivity (Wildman–Crippen MR) is 65.6 cm³/mol. The van der Waals surface area contributed by atoms with Crippen molar-refractivity contribution >= 4 is 23.2 Å². The summed E-state index contributed by atoms with van der Waals surface area (Å²) < 4.78 is 0. The monoisotopic (exact) mass is 232 g/mol. The Kier molecular flexibility index (Phi) is 2.53. The summed E-state index contributed by atoms with van der Waals surface area (Å²) in [6, 6.07) is 10.9. The van der Waals surface area contributed by atoms with E-state index in [1.54, 1.807) is 5.55 Å². The molecule has 0 bridgehead atoms. The summed E-state index contributed by atoms with van der Waals surface area (Å²) in [5.74, 6) is 0.513. The summed E-state index contributed by atoms with van der Waals surface area (Å²) in [7, 11) is 0. The van der Waals surface area contributed by atoms with Crippen LogP contribution in [0.5, 0.6) is 0 Å². The predicted octanol–water partition coefficient (Wildman–Crippen LogP) is 1.76. The molecule has 1 aliphatic heterocycles. The number of nitrogens with zero attached hydrogens (tertiary/aromatic N) is 1. The van der Waals surface area contributed by atoms with Crippen molar-refractivity contribution in [3.8, 4) is 0 Å². The Hall–Kier alpha value is -1.13. The normalized spacial score (nSPS) is 32.0. The Bertz CT molecular complexity index is 432. The second-order valence-electron chi connectivity index (χ2n) is 4.11. The van der Waals surface area contributed by atoms with Crippen molar-refractivity contribution in [3.05, 3.63) is 35.9 Å². The van der Waals surface area contributed by atoms with E-state index in [2.05, 4.69) is 34.6 Å². The van der Waals surface area contributed by atoms with Gasteiger partial charge in [-0.3, -0.25) is 10.1 Å². The van der Waals surface area contributed by atoms with Crippen molar-refractivity contribution < 1.29 is 4.79 Å². The van der Waals surface area contributed by atoms with Gasteiger partial charge in [0.05, 0.1) is 5.55 Å². The summed E-state index contributed by atoms with van der Waals surface area (Å²) in [6.07, 6.45) is 1.12. The van der Waals surface area contributed by atoms with E-state index >= 15 is 0 Å². The number of amides is 1. The first kappa shape index (κ1) is 10.1. The molecule has 1 aromatic rings. The quantitative estimate of drug-likeness (QED) is 0.863. The molecule has 1 fully saturated rings. The third-order valence-corrected chi connectivity index (χ3v) is 3.82. The maximum atomic E-state index is 11.3. The highest BCUT2D eigenvalue weighted by Crippen LogP contribution is 2.41. The van der Waals surface area contributed by atoms with Gasteiger partial charge in [0.2, 0.25) is 0 Å². The van der Waals surface area contributed by atoms with Crippen LogP contribution in [-0.2, 0) is 4.79 Å². The average Bonchev–Trinajstić information content (AvgIpc) is 2.97. The largest absolute Gasteiger partial charge is 0.294 e. The number of nitrogens with one attached hydrogen (secondary N) is 1. The van der Waals surface area contributed by atoms with E-state index in [0.29, 0.717) is 12.0 Å². The first-order valence-corrected chi connectivity index (χ1v) is 6.32. The molecule has 4 heteroatoms. The molecular weight excluding hydrogens is 220 g/mol. The number of hydrogen-bond acceptors (Lipinski definition) is 3. The molecule has 2 aliphatic rings. The highest BCUT2D eigenvalue weighted by molar-refractivity contribution is 8.13. The minimum absolute atomic E-state index is 0.0521. The topological polar surface area (TPSA) is 41.5 Å². The van der Waals surface area contributed by atoms with Gasteiger partial charge in [-0.1, -0.05) is 42.1 Å². The molecule has 16 heavy (non-hydrogen) atoms. The lowest BCUT2D eigenvalue weighted by molar-refractivity contribution is -0.117. The van der Waals surface area contributed by atoms with Crippen molar-refractivity contribution in [1.82, 2.24) is 5.32 Å². The molecule has 0 aromatic heterocycles. The van der Waals surface area contributed by atoms with Crippen LogP contribution >= 0.6 is 11.8 Å². The van der Waals surface area contributed by atoms with Crippen molar-refractivity contribution in [2.45, 2.75) is 23.8 Å². The molecule has 0 saturated heterocycles. The fourth-order valence-electron chi connectivity index (χ4n) is 2.02. The molecule has 3 atom stereocenters. The summed E-state index contributed by atoms with van der Waals surface area (Å²) in [6.45, 7) is 0. The van der Waals surface area contributed by atoms with Gasteiger partial charge in [-0.25, -0.2) is 4.99 Å². The van der Waals surface area contributed by atoms with Gasteiger partial charge in [-0.15, -0.1) is 0 Å². The zero-order chi connectivity index (χ0) is 11.0. The third kappa shape index (κ3) is 1.90. The fraction of sp³-hybridized carbons (Fsp3) is 0.333. The van der Waals surface area contributed by atoms with Crippen LogP contribution in [0.15, 0.2) is 35.3 Å². The Morgan fingerprint density at radius 2 is 2.12 bits per heavy atom. The summed E-state index contributed by atoms with van der Waals surface area (Å²) in [5, 5.41) is 3.19. The summed E-state index contributed by atoms with van der Waals surface area (Å²) in [4.78, 5) is 15.0. The van der Waals surface area contributed by atoms with E-state index in [1.165, 1.54) is 17.3 Å². The first-order valence-electron chi connectivity index (χ1n) is 5.37. The Labute approximate surface area is 98.3 Å². The number of aliphatic imine (C=N–C) groups is 1. The maximum absolute atomic E-state index is 11.3. The van der Waals surface area contributed by atoms with E-state index < -0.39 is 0 Å². The molecular formula is C12H12N2OS. The second-order valence-corrected chi connectivity index (χ2v) is 5.07. The Morgan fingerprint density at radius 1 is 1.31 bits per heavy atom. The average molecular weight is 232 g/mol. The molecule has 1 heterocycles. The Balaban J connectivity index is 1.59. The molecule has 1 aromatic carbocycles. The standard InChI is InChI=1S/C12H12N2OS/c15-11-12(16-7-13-11)14-10-6-9(10)8-4-2-1-3-5-8/h1-5,7,9-10,12,14H,6H2. The lowest BCUT2D eigenvalue weighted by Gasteiger charge is -2.08. The highest BCUT2D eigenvalue weighted by atomic mass is 32.2. The molecule has 0 radical (unpaired) electrons. The number of benzene rings is 1. The van der Waals surface area contributed by atoms with E-state index in [-0.39, 0.29) is 11.3 Å². The highest BCUT2D eigenvalue weighted by Gasteiger charge is 2.41. The lowest BCUT2D eigenvalue weighted by Crippen LogP contribution is -2.32. The SMILES string of the molecule is O=C1N=CSC1NC1CC1c1ccccc1. The van der Waals surface area contributed by atoms with E-state index in [0.717, 1.165) is 6.42 Å². The minimum atomic E-state index is -0.154. The molecule has 1 amide bonds. The number of carbonyl (C=O) groups is 1. The van der Waals surface area contributed by atoms with Crippen molar-refractivity contribution in [1.29, 1.82) is 0 Å². The number of thioether (sulfide) groups is 1. The fourth-order valence-corrected chi connectivity index (χ4v) is 2.74. The smallest absolute Gasteiger partial charge is 0.274 e. The summed E-state index contributed by atoms with van der Waals surface area (Å²) >= 11 is 1.46. The van der Waals surface area contributed by atoms with Crippen molar-refractivity contribution in [3.63, 3.8) is 0 Å². The van der Waals surface area contributed by atoms with Crippen LogP contribution in [0, 0.1) is 0 Å². The number of carbonyl (C=O) groups excluding carboxylic acids is 1. The number of hydrogen-bond donors (Lipinski definition) is 1. The van der Waals surface area contributed by atoms with Crippen LogP contribution < -0.4 is 5.32 Å². The van der Waals surface area contributed by atoms with Gasteiger partial charge >= 0.3 is 0 Å². The lowest BCUT2D eigenvalue weighted by atomic mass is 10.1. The van der Waals surface area contributed by atoms with Crippen molar-refractivity contribution in [2.24, 2.45) is 4.99 Å². The molecule has 0 spiro atoms. The van der Waals surface area contributed by atoms with E-state index in [9.17, 15) is 4.79 Å². The molecule has 1 N–H and O–H groups in total. The van der Waals surface area contributed by atoms with Gasteiger partial charge in [-0.2, -0.15) is 0 Å². The summed E-state index contributed by atoms with van der Waals surface area (Å²) in [5.41, 5.74) is 2.98. The van der Waals surface area contributed by atoms with Crippen molar-refractivity contribution in [2.75, 3.05) is 0 Å². The third-order valence-electron chi connectivity index (χ3n) is 2.98. The van der Waals surface area contributed by atoms with Gasteiger partial charge in [0.1, 0.15) is 5.37 Å². The van der Waals surface area contributed by atoms with Gasteiger partial charge < -0.3 is 0 Å². The van der Waals surface area contributed by atoms with Crippen LogP contribution in [0.2, 0.25) is 0 Å². The van der Waals surface area contributed by atoms with Gasteiger partial charge in [-0.05, 0) is 12.0 Å². The van der Waals surface area contributed by atoms with Crippen LogP contribution in [-0.4, -0.2) is 22.9 Å². The first-order chi connectivity index (χ1) is 7.84. The molecule has 3 rings (SSSR count). The van der Waals surface area contributed by atoms with Crippen LogP contribution in [0.1, 0.15) is 17.9 Å². The number of rotatable bonds is 3. The Morgan fingerprint density at radius 3 is 2.81 bits per heavy atom. The molecule has 1 aliphatic carbocycles. The molecule has 1 saturated carbocycles. The zero-order valence-electron chi connectivity index (χ0n) is 8.67. The van der Waals surface area contributed by atoms with Crippen LogP contribution in [0.3, 0.4) is 0 Å². The molecule has 82 valence electrons. The van der Waals surface area contributed by atoms with E-state index in [4.69, 9.17) is 0 Å². The molecule has 3 nitrogen and oxygen atoms in total. The van der Waals surface area contributed by atoms with Gasteiger partial charge in [0, 0.05) is 12.0 Å². The minimum Gasteiger partial charge on any atom is -0.294 e. The second kappa shape index (κ2) is 4.03.